The average Bonchev–Trinajstić information content (AvgIpc) is 3.52. The third-order valence-electron chi connectivity index (χ3n) is 4.94. The zero-order chi connectivity index (χ0) is 22.3. The number of anilines is 1. The number of rotatable bonds is 9. The third-order valence-corrected chi connectivity index (χ3v) is 6.74. The number of thioether (sulfide) groups is 1. The molecule has 0 unspecified atom stereocenters. The monoisotopic (exact) mass is 465 g/mol. The van der Waals surface area contributed by atoms with Gasteiger partial charge in [-0.15, -0.1) is 21.5 Å². The fourth-order valence-corrected chi connectivity index (χ4v) is 4.65. The summed E-state index contributed by atoms with van der Waals surface area (Å²) >= 11 is 2.82. The van der Waals surface area contributed by atoms with E-state index in [4.69, 9.17) is 4.74 Å². The van der Waals surface area contributed by atoms with E-state index in [1.807, 2.05) is 47.8 Å². The second-order valence-electron chi connectivity index (χ2n) is 6.98. The Bertz CT molecular complexity index is 1150. The fourth-order valence-electron chi connectivity index (χ4n) is 3.15. The number of aromatic nitrogens is 4. The highest BCUT2D eigenvalue weighted by atomic mass is 32.2. The zero-order valence-corrected chi connectivity index (χ0v) is 19.5. The number of ether oxygens (including phenoxy) is 1. The minimum Gasteiger partial charge on any atom is -0.497 e. The van der Waals surface area contributed by atoms with E-state index < -0.39 is 0 Å². The van der Waals surface area contributed by atoms with Crippen LogP contribution >= 0.6 is 23.1 Å². The largest absolute Gasteiger partial charge is 0.497 e. The maximum Gasteiger partial charge on any atom is 0.238 e. The number of hydrogen-bond acceptors (Lipinski definition) is 7. The number of carbonyl (C=O) groups is 1. The Balaban J connectivity index is 1.54. The lowest BCUT2D eigenvalue weighted by molar-refractivity contribution is -0.115. The molecule has 2 aromatic heterocycles. The summed E-state index contributed by atoms with van der Waals surface area (Å²) in [6.45, 7) is 0.706. The minimum atomic E-state index is -0.0337. The van der Waals surface area contributed by atoms with Crippen LogP contribution < -0.4 is 9.64 Å². The van der Waals surface area contributed by atoms with Gasteiger partial charge in [-0.25, -0.2) is 4.98 Å². The number of aryl methyl sites for hydroxylation is 1. The van der Waals surface area contributed by atoms with Crippen LogP contribution in [-0.4, -0.2) is 45.6 Å². The Morgan fingerprint density at radius 1 is 1.12 bits per heavy atom. The summed E-state index contributed by atoms with van der Waals surface area (Å²) in [7, 11) is 3.39. The first-order valence-corrected chi connectivity index (χ1v) is 11.9. The van der Waals surface area contributed by atoms with Gasteiger partial charge in [0.2, 0.25) is 5.91 Å². The molecule has 2 heterocycles. The van der Waals surface area contributed by atoms with E-state index in [2.05, 4.69) is 31.9 Å². The molecule has 0 aliphatic heterocycles. The molecule has 4 aromatic rings. The SMILES string of the molecule is COc1ccc(-c2nnc(SCC(=O)N(C)c3nccs3)n2CCc2ccccc2)cc1. The second kappa shape index (κ2) is 10.4. The molecule has 9 heteroatoms. The molecule has 0 aliphatic rings. The van der Waals surface area contributed by atoms with Crippen LogP contribution in [0.15, 0.2) is 71.3 Å². The second-order valence-corrected chi connectivity index (χ2v) is 8.79. The molecule has 164 valence electrons. The molecule has 0 fully saturated rings. The third kappa shape index (κ3) is 5.17. The van der Waals surface area contributed by atoms with Crippen LogP contribution in [0.4, 0.5) is 5.13 Å². The van der Waals surface area contributed by atoms with E-state index in [0.717, 1.165) is 23.6 Å². The summed E-state index contributed by atoms with van der Waals surface area (Å²) in [4.78, 5) is 18.4. The van der Waals surface area contributed by atoms with Crippen LogP contribution in [0.3, 0.4) is 0 Å². The topological polar surface area (TPSA) is 73.1 Å². The van der Waals surface area contributed by atoms with Crippen molar-refractivity contribution in [3.63, 3.8) is 0 Å². The van der Waals surface area contributed by atoms with Crippen molar-refractivity contribution < 1.29 is 9.53 Å². The maximum atomic E-state index is 12.7. The number of carbonyl (C=O) groups excluding carboxylic acids is 1. The van der Waals surface area contributed by atoms with Gasteiger partial charge in [-0.05, 0) is 36.2 Å². The lowest BCUT2D eigenvalue weighted by atomic mass is 10.1. The fraction of sp³-hybridized carbons (Fsp3) is 0.217. The lowest BCUT2D eigenvalue weighted by Crippen LogP contribution is -2.27. The van der Waals surface area contributed by atoms with Crippen molar-refractivity contribution in [1.82, 2.24) is 19.7 Å². The molecular weight excluding hydrogens is 442 g/mol. The van der Waals surface area contributed by atoms with Crippen molar-refractivity contribution in [2.75, 3.05) is 24.8 Å². The van der Waals surface area contributed by atoms with E-state index >= 15 is 0 Å². The molecule has 0 bridgehead atoms. The molecule has 4 rings (SSSR count). The quantitative estimate of drug-likeness (QED) is 0.341. The number of hydrogen-bond donors (Lipinski definition) is 0. The summed E-state index contributed by atoms with van der Waals surface area (Å²) < 4.78 is 7.35. The summed E-state index contributed by atoms with van der Waals surface area (Å²) in [5.41, 5.74) is 2.18. The van der Waals surface area contributed by atoms with Gasteiger partial charge in [0.15, 0.2) is 16.1 Å². The smallest absolute Gasteiger partial charge is 0.238 e. The van der Waals surface area contributed by atoms with Crippen molar-refractivity contribution in [2.45, 2.75) is 18.1 Å². The van der Waals surface area contributed by atoms with Gasteiger partial charge in [0.1, 0.15) is 5.75 Å². The molecule has 0 N–H and O–H groups in total. The van der Waals surface area contributed by atoms with Gasteiger partial charge in [0.25, 0.3) is 0 Å². The lowest BCUT2D eigenvalue weighted by Gasteiger charge is -2.14. The van der Waals surface area contributed by atoms with Crippen LogP contribution in [-0.2, 0) is 17.8 Å². The standard InChI is InChI=1S/C23H23N5O2S2/c1-27(22-24-13-15-31-22)20(29)16-32-23-26-25-21(18-8-10-19(30-2)11-9-18)28(23)14-12-17-6-4-3-5-7-17/h3-11,13,15H,12,14,16H2,1-2H3. The zero-order valence-electron chi connectivity index (χ0n) is 17.8. The van der Waals surface area contributed by atoms with E-state index in [1.54, 1.807) is 25.3 Å². The number of methoxy groups -OCH3 is 1. The predicted molar refractivity (Wildman–Crippen MR) is 128 cm³/mol. The number of amides is 1. The van der Waals surface area contributed by atoms with Crippen molar-refractivity contribution in [3.05, 3.63) is 71.7 Å². The van der Waals surface area contributed by atoms with Gasteiger partial charge in [0.05, 0.1) is 12.9 Å². The van der Waals surface area contributed by atoms with Crippen LogP contribution in [0.5, 0.6) is 5.75 Å². The molecule has 32 heavy (non-hydrogen) atoms. The van der Waals surface area contributed by atoms with Crippen molar-refractivity contribution in [2.24, 2.45) is 0 Å². The average molecular weight is 466 g/mol. The maximum absolute atomic E-state index is 12.7. The van der Waals surface area contributed by atoms with Crippen LogP contribution in [0.25, 0.3) is 11.4 Å². The first-order chi connectivity index (χ1) is 15.7. The van der Waals surface area contributed by atoms with Gasteiger partial charge in [-0.2, -0.15) is 0 Å². The van der Waals surface area contributed by atoms with Gasteiger partial charge >= 0.3 is 0 Å². The molecule has 0 aliphatic carbocycles. The number of nitrogens with zero attached hydrogens (tertiary/aromatic N) is 5. The van der Waals surface area contributed by atoms with Gasteiger partial charge in [0, 0.05) is 30.7 Å². The minimum absolute atomic E-state index is 0.0337. The van der Waals surface area contributed by atoms with Crippen LogP contribution in [0, 0.1) is 0 Å². The summed E-state index contributed by atoms with van der Waals surface area (Å²) in [6.07, 6.45) is 2.53. The summed E-state index contributed by atoms with van der Waals surface area (Å²) in [6, 6.07) is 18.1. The Morgan fingerprint density at radius 3 is 2.59 bits per heavy atom. The molecular formula is C23H23N5O2S2. The first-order valence-electron chi connectivity index (χ1n) is 10.1. The van der Waals surface area contributed by atoms with Crippen molar-refractivity contribution >= 4 is 34.1 Å². The number of thiazole rings is 1. The van der Waals surface area contributed by atoms with Gasteiger partial charge in [-0.1, -0.05) is 42.1 Å². The molecule has 0 saturated carbocycles. The Labute approximate surface area is 195 Å². The van der Waals surface area contributed by atoms with Crippen molar-refractivity contribution in [1.29, 1.82) is 0 Å². The highest BCUT2D eigenvalue weighted by molar-refractivity contribution is 7.99. The Hall–Kier alpha value is -3.17. The van der Waals surface area contributed by atoms with E-state index in [-0.39, 0.29) is 11.7 Å². The molecule has 0 atom stereocenters. The van der Waals surface area contributed by atoms with E-state index in [9.17, 15) is 4.79 Å². The van der Waals surface area contributed by atoms with Crippen molar-refractivity contribution in [3.8, 4) is 17.1 Å². The molecule has 2 aromatic carbocycles. The highest BCUT2D eigenvalue weighted by Gasteiger charge is 2.18. The van der Waals surface area contributed by atoms with Crippen LogP contribution in [0.1, 0.15) is 5.56 Å². The molecule has 7 nitrogen and oxygen atoms in total. The predicted octanol–water partition coefficient (Wildman–Crippen LogP) is 4.41. The Kier molecular flexibility index (Phi) is 7.18. The summed E-state index contributed by atoms with van der Waals surface area (Å²) in [5, 5.41) is 12.1. The first kappa shape index (κ1) is 22.0. The molecule has 0 radical (unpaired) electrons. The molecule has 0 spiro atoms. The number of benzene rings is 2. The normalized spacial score (nSPS) is 10.8. The molecule has 1 amide bonds. The molecule has 0 saturated heterocycles. The van der Waals surface area contributed by atoms with Gasteiger partial charge in [-0.3, -0.25) is 9.69 Å². The highest BCUT2D eigenvalue weighted by Crippen LogP contribution is 2.27. The van der Waals surface area contributed by atoms with Gasteiger partial charge < -0.3 is 9.30 Å². The Morgan fingerprint density at radius 2 is 1.91 bits per heavy atom. The van der Waals surface area contributed by atoms with E-state index in [1.165, 1.54) is 28.7 Å². The van der Waals surface area contributed by atoms with E-state index in [0.29, 0.717) is 16.8 Å². The summed E-state index contributed by atoms with van der Waals surface area (Å²) in [5.74, 6) is 1.78. The van der Waals surface area contributed by atoms with Crippen LogP contribution in [0.2, 0.25) is 0 Å².